The molecule has 0 saturated carbocycles. The molecule has 1 saturated heterocycles. The predicted molar refractivity (Wildman–Crippen MR) is 89.0 cm³/mol. The van der Waals surface area contributed by atoms with Gasteiger partial charge in [0.05, 0.1) is 0 Å². The molecule has 1 aliphatic heterocycles. The number of nitrogens with two attached hydrogens (primary N) is 1. The molecule has 1 aliphatic rings. The molecule has 5 nitrogen and oxygen atoms in total. The first-order chi connectivity index (χ1) is 10.1. The van der Waals surface area contributed by atoms with E-state index in [1.807, 2.05) is 0 Å². The Bertz CT molecular complexity index is 466. The number of hydrogen-bond donors (Lipinski definition) is 2. The minimum atomic E-state index is -0.0913. The Morgan fingerprint density at radius 3 is 2.67 bits per heavy atom. The lowest BCUT2D eigenvalue weighted by Gasteiger charge is -2.18. The average Bonchev–Trinajstić information content (AvgIpc) is 2.70. The van der Waals surface area contributed by atoms with Gasteiger partial charge in [0.15, 0.2) is 5.13 Å². The van der Waals surface area contributed by atoms with E-state index in [4.69, 9.17) is 5.73 Å². The lowest BCUT2D eigenvalue weighted by atomic mass is 10.1. The minimum absolute atomic E-state index is 0.0913. The molecule has 1 atom stereocenters. The van der Waals surface area contributed by atoms with Crippen LogP contribution in [-0.2, 0) is 0 Å². The van der Waals surface area contributed by atoms with Crippen molar-refractivity contribution in [1.82, 2.24) is 10.3 Å². The van der Waals surface area contributed by atoms with Gasteiger partial charge < -0.3 is 16.0 Å². The number of thiazole rings is 1. The molecule has 0 aliphatic carbocycles. The van der Waals surface area contributed by atoms with Crippen molar-refractivity contribution in [3.63, 3.8) is 0 Å². The van der Waals surface area contributed by atoms with Crippen molar-refractivity contribution < 1.29 is 4.79 Å². The van der Waals surface area contributed by atoms with E-state index in [2.05, 4.69) is 29.0 Å². The highest BCUT2D eigenvalue weighted by atomic mass is 32.1. The van der Waals surface area contributed by atoms with Gasteiger partial charge in [-0.05, 0) is 18.8 Å². The molecule has 0 radical (unpaired) electrons. The van der Waals surface area contributed by atoms with Crippen LogP contribution in [0.25, 0.3) is 0 Å². The van der Waals surface area contributed by atoms with Crippen LogP contribution in [0.3, 0.4) is 0 Å². The third kappa shape index (κ3) is 4.33. The topological polar surface area (TPSA) is 71.2 Å². The zero-order chi connectivity index (χ0) is 15.2. The van der Waals surface area contributed by atoms with Gasteiger partial charge in [-0.3, -0.25) is 4.79 Å². The van der Waals surface area contributed by atoms with Crippen molar-refractivity contribution in [2.24, 2.45) is 5.92 Å². The zero-order valence-corrected chi connectivity index (χ0v) is 13.8. The molecule has 118 valence electrons. The summed E-state index contributed by atoms with van der Waals surface area (Å²) < 4.78 is 0. The molecule has 0 bridgehead atoms. The number of aromatic nitrogens is 1. The van der Waals surface area contributed by atoms with Crippen molar-refractivity contribution in [3.8, 4) is 0 Å². The summed E-state index contributed by atoms with van der Waals surface area (Å²) in [6.07, 6.45) is 5.99. The van der Waals surface area contributed by atoms with Gasteiger partial charge in [-0.1, -0.05) is 44.4 Å². The van der Waals surface area contributed by atoms with Crippen LogP contribution in [0.4, 0.5) is 10.9 Å². The van der Waals surface area contributed by atoms with Crippen molar-refractivity contribution in [2.45, 2.75) is 46.0 Å². The Balaban J connectivity index is 2.02. The Morgan fingerprint density at radius 2 is 2.05 bits per heavy atom. The molecular formula is C15H26N4OS. The molecule has 2 rings (SSSR count). The van der Waals surface area contributed by atoms with Gasteiger partial charge in [-0.15, -0.1) is 0 Å². The molecule has 6 heteroatoms. The largest absolute Gasteiger partial charge is 0.382 e. The fraction of sp³-hybridized carbons (Fsp3) is 0.733. The summed E-state index contributed by atoms with van der Waals surface area (Å²) in [6.45, 7) is 6.96. The average molecular weight is 310 g/mol. The molecule has 3 N–H and O–H groups in total. The Labute approximate surface area is 130 Å². The molecule has 21 heavy (non-hydrogen) atoms. The molecule has 0 spiro atoms. The number of nitrogens with zero attached hydrogens (tertiary/aromatic N) is 2. The van der Waals surface area contributed by atoms with E-state index in [1.54, 1.807) is 0 Å². The lowest BCUT2D eigenvalue weighted by molar-refractivity contribution is 0.0952. The predicted octanol–water partition coefficient (Wildman–Crippen LogP) is 2.88. The fourth-order valence-electron chi connectivity index (χ4n) is 2.37. The summed E-state index contributed by atoms with van der Waals surface area (Å²) in [5.41, 5.74) is 5.94. The molecule has 1 amide bonds. The summed E-state index contributed by atoms with van der Waals surface area (Å²) in [4.78, 5) is 19.4. The minimum Gasteiger partial charge on any atom is -0.382 e. The first-order valence-electron chi connectivity index (χ1n) is 7.91. The normalized spacial score (nSPS) is 17.3. The van der Waals surface area contributed by atoms with Crippen LogP contribution in [0.15, 0.2) is 0 Å². The third-order valence-corrected chi connectivity index (χ3v) is 5.16. The molecule has 1 aromatic rings. The van der Waals surface area contributed by atoms with E-state index in [9.17, 15) is 4.79 Å². The number of anilines is 2. The highest BCUT2D eigenvalue weighted by Crippen LogP contribution is 2.29. The first-order valence-corrected chi connectivity index (χ1v) is 8.73. The SMILES string of the molecule is CCC(C)CNC(=O)c1sc(N2CCCCCC2)nc1N. The van der Waals surface area contributed by atoms with Crippen LogP contribution in [-0.4, -0.2) is 30.5 Å². The molecule has 1 unspecified atom stereocenters. The number of nitrogens with one attached hydrogen (secondary N) is 1. The Hall–Kier alpha value is -1.30. The van der Waals surface area contributed by atoms with Crippen molar-refractivity contribution in [2.75, 3.05) is 30.3 Å². The molecule has 1 aromatic heterocycles. The van der Waals surface area contributed by atoms with Crippen LogP contribution < -0.4 is 16.0 Å². The van der Waals surface area contributed by atoms with E-state index >= 15 is 0 Å². The summed E-state index contributed by atoms with van der Waals surface area (Å²) >= 11 is 1.42. The third-order valence-electron chi connectivity index (χ3n) is 4.03. The van der Waals surface area contributed by atoms with Gasteiger partial charge in [0.1, 0.15) is 10.7 Å². The summed E-state index contributed by atoms with van der Waals surface area (Å²) in [6, 6.07) is 0. The van der Waals surface area contributed by atoms with Crippen molar-refractivity contribution >= 4 is 28.2 Å². The molecular weight excluding hydrogens is 284 g/mol. The van der Waals surface area contributed by atoms with Gasteiger partial charge in [0.2, 0.25) is 0 Å². The smallest absolute Gasteiger partial charge is 0.265 e. The molecule has 1 fully saturated rings. The number of amides is 1. The van der Waals surface area contributed by atoms with Crippen LogP contribution >= 0.6 is 11.3 Å². The van der Waals surface area contributed by atoms with Gasteiger partial charge in [0, 0.05) is 19.6 Å². The van der Waals surface area contributed by atoms with E-state index in [1.165, 1.54) is 37.0 Å². The van der Waals surface area contributed by atoms with Gasteiger partial charge in [-0.2, -0.15) is 0 Å². The van der Waals surface area contributed by atoms with Gasteiger partial charge in [0.25, 0.3) is 5.91 Å². The number of nitrogen functional groups attached to an aromatic ring is 1. The summed E-state index contributed by atoms with van der Waals surface area (Å²) in [7, 11) is 0. The zero-order valence-electron chi connectivity index (χ0n) is 13.0. The highest BCUT2D eigenvalue weighted by molar-refractivity contribution is 7.18. The van der Waals surface area contributed by atoms with Crippen molar-refractivity contribution in [1.29, 1.82) is 0 Å². The van der Waals surface area contributed by atoms with E-state index in [0.29, 0.717) is 23.2 Å². The standard InChI is InChI=1S/C15H26N4OS/c1-3-11(2)10-17-14(20)12-13(16)18-15(21-12)19-8-6-4-5-7-9-19/h11H,3-10,16H2,1-2H3,(H,17,20). The Kier molecular flexibility index (Phi) is 5.85. The first kappa shape index (κ1) is 16.1. The number of carbonyl (C=O) groups excluding carboxylic acids is 1. The van der Waals surface area contributed by atoms with E-state index < -0.39 is 0 Å². The van der Waals surface area contributed by atoms with Crippen LogP contribution in [0.2, 0.25) is 0 Å². The van der Waals surface area contributed by atoms with Crippen molar-refractivity contribution in [3.05, 3.63) is 4.88 Å². The quantitative estimate of drug-likeness (QED) is 0.877. The van der Waals surface area contributed by atoms with E-state index in [0.717, 1.165) is 24.6 Å². The Morgan fingerprint density at radius 1 is 1.38 bits per heavy atom. The van der Waals surface area contributed by atoms with Gasteiger partial charge in [-0.25, -0.2) is 4.98 Å². The second-order valence-electron chi connectivity index (χ2n) is 5.84. The fourth-order valence-corrected chi connectivity index (χ4v) is 3.32. The molecule has 2 heterocycles. The maximum Gasteiger partial charge on any atom is 0.265 e. The van der Waals surface area contributed by atoms with E-state index in [-0.39, 0.29) is 5.91 Å². The van der Waals surface area contributed by atoms with Gasteiger partial charge >= 0.3 is 0 Å². The van der Waals surface area contributed by atoms with Crippen LogP contribution in [0.5, 0.6) is 0 Å². The highest BCUT2D eigenvalue weighted by Gasteiger charge is 2.20. The summed E-state index contributed by atoms with van der Waals surface area (Å²) in [5, 5.41) is 3.84. The number of rotatable bonds is 5. The van der Waals surface area contributed by atoms with Crippen LogP contribution in [0.1, 0.15) is 55.6 Å². The second-order valence-corrected chi connectivity index (χ2v) is 6.81. The lowest BCUT2D eigenvalue weighted by Crippen LogP contribution is -2.28. The van der Waals surface area contributed by atoms with Crippen LogP contribution in [0, 0.1) is 5.92 Å². The number of hydrogen-bond acceptors (Lipinski definition) is 5. The maximum atomic E-state index is 12.2. The monoisotopic (exact) mass is 310 g/mol. The molecule has 0 aromatic carbocycles. The number of carbonyl (C=O) groups is 1. The summed E-state index contributed by atoms with van der Waals surface area (Å²) in [5.74, 6) is 0.750. The second kappa shape index (κ2) is 7.64. The maximum absolute atomic E-state index is 12.2.